The second kappa shape index (κ2) is 6.93. The third-order valence-electron chi connectivity index (χ3n) is 2.30. The molecule has 0 aliphatic carbocycles. The highest BCUT2D eigenvalue weighted by atomic mass is 79.9. The van der Waals surface area contributed by atoms with E-state index in [-0.39, 0.29) is 17.6 Å². The molecular weight excluding hydrogens is 305 g/mol. The highest BCUT2D eigenvalue weighted by Gasteiger charge is 2.08. The van der Waals surface area contributed by atoms with Gasteiger partial charge >= 0.3 is 0 Å². The van der Waals surface area contributed by atoms with Gasteiger partial charge in [-0.3, -0.25) is 4.79 Å². The van der Waals surface area contributed by atoms with E-state index in [1.165, 1.54) is 0 Å². The largest absolute Gasteiger partial charge is 0.322 e. The summed E-state index contributed by atoms with van der Waals surface area (Å²) in [5.41, 5.74) is 0.511. The molecule has 1 aromatic rings. The lowest BCUT2D eigenvalue weighted by Gasteiger charge is -2.11. The summed E-state index contributed by atoms with van der Waals surface area (Å²) in [5.74, 6) is -0.132. The van der Waals surface area contributed by atoms with Crippen molar-refractivity contribution in [1.29, 1.82) is 0 Å². The Balaban J connectivity index is 2.53. The number of hydrogen-bond acceptors (Lipinski definition) is 3. The number of amides is 1. The van der Waals surface area contributed by atoms with Crippen LogP contribution in [-0.2, 0) is 4.79 Å². The van der Waals surface area contributed by atoms with Crippen LogP contribution in [0.2, 0.25) is 5.15 Å². The number of aromatic nitrogens is 1. The van der Waals surface area contributed by atoms with Gasteiger partial charge in [-0.2, -0.15) is 0 Å². The predicted molar refractivity (Wildman–Crippen MR) is 73.3 cm³/mol. The molecule has 0 aromatic carbocycles. The zero-order valence-corrected chi connectivity index (χ0v) is 12.1. The highest BCUT2D eigenvalue weighted by molar-refractivity contribution is 9.10. The molecule has 0 fully saturated rings. The van der Waals surface area contributed by atoms with Crippen molar-refractivity contribution in [3.05, 3.63) is 21.9 Å². The first-order chi connectivity index (χ1) is 8.02. The molecule has 1 aromatic heterocycles. The summed E-state index contributed by atoms with van der Waals surface area (Å²) >= 11 is 9.13. The second-order valence-corrected chi connectivity index (χ2v) is 5.00. The Labute approximate surface area is 114 Å². The Bertz CT molecular complexity index is 400. The molecule has 0 saturated heterocycles. The molecule has 0 aliphatic heterocycles. The summed E-state index contributed by atoms with van der Waals surface area (Å²) in [4.78, 5) is 15.5. The molecule has 1 rings (SSSR count). The minimum atomic E-state index is -0.132. The molecule has 1 heterocycles. The molecule has 1 unspecified atom stereocenters. The fourth-order valence-electron chi connectivity index (χ4n) is 1.12. The van der Waals surface area contributed by atoms with Crippen LogP contribution < -0.4 is 10.6 Å². The van der Waals surface area contributed by atoms with Gasteiger partial charge in [0.1, 0.15) is 0 Å². The van der Waals surface area contributed by atoms with Gasteiger partial charge in [-0.15, -0.1) is 0 Å². The van der Waals surface area contributed by atoms with E-state index in [2.05, 4.69) is 38.5 Å². The smallest absolute Gasteiger partial charge is 0.238 e. The van der Waals surface area contributed by atoms with Crippen molar-refractivity contribution in [2.75, 3.05) is 11.9 Å². The number of pyridine rings is 1. The summed E-state index contributed by atoms with van der Waals surface area (Å²) < 4.78 is 0.770. The summed E-state index contributed by atoms with van der Waals surface area (Å²) in [5, 5.41) is 6.09. The van der Waals surface area contributed by atoms with Crippen molar-refractivity contribution in [3.63, 3.8) is 0 Å². The van der Waals surface area contributed by atoms with E-state index in [0.29, 0.717) is 11.7 Å². The van der Waals surface area contributed by atoms with Gasteiger partial charge in [-0.25, -0.2) is 4.98 Å². The van der Waals surface area contributed by atoms with Crippen molar-refractivity contribution >= 4 is 39.1 Å². The van der Waals surface area contributed by atoms with Crippen molar-refractivity contribution in [2.24, 2.45) is 0 Å². The highest BCUT2D eigenvalue weighted by Crippen LogP contribution is 2.22. The normalized spacial score (nSPS) is 12.2. The summed E-state index contributed by atoms with van der Waals surface area (Å²) in [6, 6.07) is 2.04. The molecule has 1 atom stereocenters. The van der Waals surface area contributed by atoms with Gasteiger partial charge in [0, 0.05) is 16.7 Å². The Morgan fingerprint density at radius 1 is 1.65 bits per heavy atom. The van der Waals surface area contributed by atoms with Gasteiger partial charge < -0.3 is 10.6 Å². The van der Waals surface area contributed by atoms with Gasteiger partial charge in [0.25, 0.3) is 0 Å². The van der Waals surface area contributed by atoms with Gasteiger partial charge in [0.15, 0.2) is 5.15 Å². The average molecular weight is 321 g/mol. The van der Waals surface area contributed by atoms with E-state index in [1.807, 2.05) is 6.92 Å². The zero-order valence-electron chi connectivity index (χ0n) is 9.76. The average Bonchev–Trinajstić information content (AvgIpc) is 2.30. The van der Waals surface area contributed by atoms with Crippen LogP contribution in [0.3, 0.4) is 0 Å². The Kier molecular flexibility index (Phi) is 5.88. The number of rotatable bonds is 5. The number of anilines is 1. The first kappa shape index (κ1) is 14.4. The lowest BCUT2D eigenvalue weighted by Crippen LogP contribution is -2.34. The van der Waals surface area contributed by atoms with Crippen LogP contribution in [0.1, 0.15) is 20.3 Å². The second-order valence-electron chi connectivity index (χ2n) is 3.73. The molecule has 6 heteroatoms. The number of halogens is 2. The van der Waals surface area contributed by atoms with E-state index < -0.39 is 0 Å². The fourth-order valence-corrected chi connectivity index (χ4v) is 1.60. The third kappa shape index (κ3) is 5.02. The van der Waals surface area contributed by atoms with Gasteiger partial charge in [-0.1, -0.05) is 18.5 Å². The van der Waals surface area contributed by atoms with Crippen LogP contribution in [0, 0.1) is 0 Å². The fraction of sp³-hybridized carbons (Fsp3) is 0.455. The van der Waals surface area contributed by atoms with Crippen LogP contribution in [0.25, 0.3) is 0 Å². The molecule has 17 heavy (non-hydrogen) atoms. The molecule has 4 nitrogen and oxygen atoms in total. The monoisotopic (exact) mass is 319 g/mol. The van der Waals surface area contributed by atoms with Gasteiger partial charge in [0.2, 0.25) is 5.91 Å². The molecule has 94 valence electrons. The van der Waals surface area contributed by atoms with Gasteiger partial charge in [0.05, 0.1) is 12.2 Å². The van der Waals surface area contributed by atoms with Crippen LogP contribution in [0.4, 0.5) is 5.69 Å². The van der Waals surface area contributed by atoms with Crippen molar-refractivity contribution in [1.82, 2.24) is 10.3 Å². The van der Waals surface area contributed by atoms with Gasteiger partial charge in [-0.05, 0) is 35.3 Å². The lowest BCUT2D eigenvalue weighted by atomic mass is 10.2. The molecule has 1 amide bonds. The predicted octanol–water partition coefficient (Wildman–Crippen LogP) is 2.82. The Morgan fingerprint density at radius 3 is 3.00 bits per heavy atom. The molecule has 0 aliphatic rings. The Morgan fingerprint density at radius 2 is 2.35 bits per heavy atom. The molecule has 0 spiro atoms. The maximum absolute atomic E-state index is 11.6. The van der Waals surface area contributed by atoms with Crippen LogP contribution >= 0.6 is 27.5 Å². The number of carbonyl (C=O) groups excluding carboxylic acids is 1. The molecule has 0 radical (unpaired) electrons. The van der Waals surface area contributed by atoms with Crippen molar-refractivity contribution < 1.29 is 4.79 Å². The number of carbonyl (C=O) groups is 1. The van der Waals surface area contributed by atoms with E-state index >= 15 is 0 Å². The van der Waals surface area contributed by atoms with Crippen molar-refractivity contribution in [3.8, 4) is 0 Å². The summed E-state index contributed by atoms with van der Waals surface area (Å²) in [7, 11) is 0. The minimum Gasteiger partial charge on any atom is -0.322 e. The third-order valence-corrected chi connectivity index (χ3v) is 3.04. The number of nitrogens with zero attached hydrogens (tertiary/aromatic N) is 1. The van der Waals surface area contributed by atoms with E-state index in [0.717, 1.165) is 10.9 Å². The first-order valence-corrected chi connectivity index (χ1v) is 6.54. The summed E-state index contributed by atoms with van der Waals surface area (Å²) in [6.07, 6.45) is 2.56. The Hall–Kier alpha value is -0.650. The zero-order chi connectivity index (χ0) is 12.8. The van der Waals surface area contributed by atoms with E-state index in [4.69, 9.17) is 11.6 Å². The van der Waals surface area contributed by atoms with E-state index in [1.54, 1.807) is 12.3 Å². The van der Waals surface area contributed by atoms with Crippen LogP contribution in [-0.4, -0.2) is 23.5 Å². The van der Waals surface area contributed by atoms with Crippen LogP contribution in [0.5, 0.6) is 0 Å². The lowest BCUT2D eigenvalue weighted by molar-refractivity contribution is -0.115. The topological polar surface area (TPSA) is 54.0 Å². The first-order valence-electron chi connectivity index (χ1n) is 5.37. The van der Waals surface area contributed by atoms with E-state index in [9.17, 15) is 4.79 Å². The molecular formula is C11H15BrClN3O. The molecule has 2 N–H and O–H groups in total. The quantitative estimate of drug-likeness (QED) is 0.820. The van der Waals surface area contributed by atoms with Crippen molar-refractivity contribution in [2.45, 2.75) is 26.3 Å². The minimum absolute atomic E-state index is 0.132. The maximum atomic E-state index is 11.6. The molecule has 0 saturated carbocycles. The molecule has 0 bridgehead atoms. The maximum Gasteiger partial charge on any atom is 0.238 e. The summed E-state index contributed by atoms with van der Waals surface area (Å²) in [6.45, 7) is 4.35. The standard InChI is InChI=1S/C11H15BrClN3O/c1-3-7(2)14-6-10(17)16-9-4-8(12)5-15-11(9)13/h4-5,7,14H,3,6H2,1-2H3,(H,16,17). The van der Waals surface area contributed by atoms with Crippen LogP contribution in [0.15, 0.2) is 16.7 Å². The number of nitrogens with one attached hydrogen (secondary N) is 2. The number of hydrogen-bond donors (Lipinski definition) is 2. The SMILES string of the molecule is CCC(C)NCC(=O)Nc1cc(Br)cnc1Cl.